The third-order valence-corrected chi connectivity index (χ3v) is 3.60. The summed E-state index contributed by atoms with van der Waals surface area (Å²) in [6.45, 7) is 2.22. The lowest BCUT2D eigenvalue weighted by atomic mass is 10.1. The molecule has 1 heterocycles. The highest BCUT2D eigenvalue weighted by molar-refractivity contribution is 5.94. The summed E-state index contributed by atoms with van der Waals surface area (Å²) in [7, 11) is 1.31. The minimum atomic E-state index is -0.471. The van der Waals surface area contributed by atoms with E-state index in [1.54, 1.807) is 36.4 Å². The lowest BCUT2D eigenvalue weighted by Gasteiger charge is -2.25. The maximum atomic E-state index is 13.1. The molecular weight excluding hydrogens is 311 g/mol. The first kappa shape index (κ1) is 17.6. The van der Waals surface area contributed by atoms with Crippen LogP contribution in [0.5, 0.6) is 0 Å². The molecule has 2 aromatic rings. The van der Waals surface area contributed by atoms with Crippen LogP contribution in [0.25, 0.3) is 0 Å². The van der Waals surface area contributed by atoms with Gasteiger partial charge in [-0.15, -0.1) is 0 Å². The Morgan fingerprint density at radius 2 is 1.79 bits per heavy atom. The number of ether oxygens (including phenoxy) is 1. The van der Waals surface area contributed by atoms with E-state index in [9.17, 15) is 14.0 Å². The van der Waals surface area contributed by atoms with Crippen molar-refractivity contribution in [2.45, 2.75) is 13.5 Å². The van der Waals surface area contributed by atoms with Gasteiger partial charge >= 0.3 is 5.97 Å². The van der Waals surface area contributed by atoms with E-state index in [1.807, 2.05) is 0 Å². The average molecular weight is 330 g/mol. The van der Waals surface area contributed by atoms with Crippen LogP contribution in [0.4, 0.5) is 4.39 Å². The molecule has 1 aromatic heterocycles. The summed E-state index contributed by atoms with van der Waals surface area (Å²) in [6.07, 6.45) is 3.28. The third-order valence-electron chi connectivity index (χ3n) is 3.60. The number of aromatic nitrogens is 1. The lowest BCUT2D eigenvalue weighted by molar-refractivity contribution is -0.145. The summed E-state index contributed by atoms with van der Waals surface area (Å²) >= 11 is 0. The zero-order chi connectivity index (χ0) is 17.5. The fraction of sp³-hybridized carbons (Fsp3) is 0.278. The second-order valence-electron chi connectivity index (χ2n) is 5.47. The van der Waals surface area contributed by atoms with E-state index in [0.29, 0.717) is 12.1 Å². The van der Waals surface area contributed by atoms with Gasteiger partial charge in [-0.1, -0.05) is 6.92 Å². The number of benzene rings is 1. The van der Waals surface area contributed by atoms with Crippen LogP contribution >= 0.6 is 0 Å². The predicted molar refractivity (Wildman–Crippen MR) is 86.6 cm³/mol. The van der Waals surface area contributed by atoms with Crippen LogP contribution < -0.4 is 0 Å². The molecule has 0 aliphatic carbocycles. The van der Waals surface area contributed by atoms with Crippen LogP contribution in [0.15, 0.2) is 48.8 Å². The van der Waals surface area contributed by atoms with Crippen molar-refractivity contribution in [2.24, 2.45) is 5.92 Å². The van der Waals surface area contributed by atoms with Crippen molar-refractivity contribution >= 4 is 11.9 Å². The Kier molecular flexibility index (Phi) is 6.01. The molecular formula is C18H19FN2O3. The van der Waals surface area contributed by atoms with Crippen LogP contribution in [0.3, 0.4) is 0 Å². The molecule has 24 heavy (non-hydrogen) atoms. The van der Waals surface area contributed by atoms with E-state index in [2.05, 4.69) is 4.98 Å². The van der Waals surface area contributed by atoms with Gasteiger partial charge in [-0.3, -0.25) is 14.6 Å². The van der Waals surface area contributed by atoms with E-state index < -0.39 is 11.7 Å². The molecule has 1 unspecified atom stereocenters. The highest BCUT2D eigenvalue weighted by Gasteiger charge is 2.22. The van der Waals surface area contributed by atoms with Gasteiger partial charge in [0.1, 0.15) is 5.82 Å². The van der Waals surface area contributed by atoms with Crippen molar-refractivity contribution < 1.29 is 18.7 Å². The van der Waals surface area contributed by atoms with Gasteiger partial charge in [-0.25, -0.2) is 4.39 Å². The number of methoxy groups -OCH3 is 1. The molecule has 0 saturated heterocycles. The van der Waals surface area contributed by atoms with Crippen molar-refractivity contribution in [3.05, 3.63) is 65.7 Å². The molecule has 126 valence electrons. The molecule has 0 radical (unpaired) electrons. The predicted octanol–water partition coefficient (Wildman–Crippen LogP) is 2.67. The zero-order valence-corrected chi connectivity index (χ0v) is 13.6. The van der Waals surface area contributed by atoms with Crippen molar-refractivity contribution in [3.8, 4) is 0 Å². The Balaban J connectivity index is 2.22. The number of carbonyl (C=O) groups is 2. The molecule has 0 fully saturated rings. The summed E-state index contributed by atoms with van der Waals surface area (Å²) < 4.78 is 17.8. The Morgan fingerprint density at radius 1 is 1.17 bits per heavy atom. The maximum absolute atomic E-state index is 13.1. The van der Waals surface area contributed by atoms with Gasteiger partial charge in [0.05, 0.1) is 13.0 Å². The van der Waals surface area contributed by atoms with Gasteiger partial charge in [0.25, 0.3) is 5.91 Å². The molecule has 0 aliphatic heterocycles. The second-order valence-corrected chi connectivity index (χ2v) is 5.47. The summed E-state index contributed by atoms with van der Waals surface area (Å²) in [5, 5.41) is 0. The van der Waals surface area contributed by atoms with Crippen LogP contribution in [0.1, 0.15) is 22.8 Å². The standard InChI is InChI=1S/C18H19FN2O3/c1-13(18(23)24-2)11-21(12-14-7-9-20-10-8-14)17(22)15-3-5-16(19)6-4-15/h3-10,13H,11-12H2,1-2H3. The molecule has 5 nitrogen and oxygen atoms in total. The number of carbonyl (C=O) groups excluding carboxylic acids is 2. The van der Waals surface area contributed by atoms with Crippen LogP contribution in [-0.2, 0) is 16.1 Å². The molecule has 0 spiro atoms. The smallest absolute Gasteiger partial charge is 0.310 e. The molecule has 0 bridgehead atoms. The van der Waals surface area contributed by atoms with Crippen LogP contribution in [0.2, 0.25) is 0 Å². The van der Waals surface area contributed by atoms with Gasteiger partial charge in [0.2, 0.25) is 0 Å². The Hall–Kier alpha value is -2.76. The lowest BCUT2D eigenvalue weighted by Crippen LogP contribution is -2.36. The largest absolute Gasteiger partial charge is 0.469 e. The van der Waals surface area contributed by atoms with Crippen molar-refractivity contribution in [1.29, 1.82) is 0 Å². The molecule has 1 atom stereocenters. The van der Waals surface area contributed by atoms with Crippen molar-refractivity contribution in [3.63, 3.8) is 0 Å². The first-order valence-electron chi connectivity index (χ1n) is 7.53. The number of esters is 1. The number of hydrogen-bond acceptors (Lipinski definition) is 4. The van der Waals surface area contributed by atoms with Gasteiger partial charge in [-0.2, -0.15) is 0 Å². The summed E-state index contributed by atoms with van der Waals surface area (Å²) in [4.78, 5) is 29.9. The normalized spacial score (nSPS) is 11.6. The number of halogens is 1. The van der Waals surface area contributed by atoms with E-state index in [4.69, 9.17) is 4.74 Å². The number of hydrogen-bond donors (Lipinski definition) is 0. The van der Waals surface area contributed by atoms with Crippen molar-refractivity contribution in [1.82, 2.24) is 9.88 Å². The number of pyridine rings is 1. The number of rotatable bonds is 6. The maximum Gasteiger partial charge on any atom is 0.310 e. The van der Waals surface area contributed by atoms with Gasteiger partial charge < -0.3 is 9.64 Å². The average Bonchev–Trinajstić information content (AvgIpc) is 2.61. The number of amides is 1. The summed E-state index contributed by atoms with van der Waals surface area (Å²) in [5.41, 5.74) is 1.25. The molecule has 6 heteroatoms. The van der Waals surface area contributed by atoms with Crippen LogP contribution in [0, 0.1) is 11.7 Å². The molecule has 0 aliphatic rings. The van der Waals surface area contributed by atoms with Gasteiger partial charge in [0.15, 0.2) is 0 Å². The van der Waals surface area contributed by atoms with Gasteiger partial charge in [-0.05, 0) is 42.0 Å². The second kappa shape index (κ2) is 8.19. The molecule has 1 amide bonds. The fourth-order valence-corrected chi connectivity index (χ4v) is 2.31. The monoisotopic (exact) mass is 330 g/mol. The summed E-state index contributed by atoms with van der Waals surface area (Å²) in [5.74, 6) is -1.54. The molecule has 0 saturated carbocycles. The quantitative estimate of drug-likeness (QED) is 0.764. The molecule has 1 aromatic carbocycles. The zero-order valence-electron chi connectivity index (χ0n) is 13.6. The first-order valence-corrected chi connectivity index (χ1v) is 7.53. The van der Waals surface area contributed by atoms with E-state index in [1.165, 1.54) is 31.4 Å². The van der Waals surface area contributed by atoms with Crippen LogP contribution in [-0.4, -0.2) is 35.4 Å². The Morgan fingerprint density at radius 3 is 2.38 bits per heavy atom. The number of nitrogens with zero attached hydrogens (tertiary/aromatic N) is 2. The molecule has 0 N–H and O–H groups in total. The minimum absolute atomic E-state index is 0.200. The Labute approximate surface area is 140 Å². The fourth-order valence-electron chi connectivity index (χ4n) is 2.31. The third kappa shape index (κ3) is 4.62. The van der Waals surface area contributed by atoms with Gasteiger partial charge in [0, 0.05) is 31.0 Å². The first-order chi connectivity index (χ1) is 11.5. The SMILES string of the molecule is COC(=O)C(C)CN(Cc1ccncc1)C(=O)c1ccc(F)cc1. The topological polar surface area (TPSA) is 59.5 Å². The van der Waals surface area contributed by atoms with E-state index in [-0.39, 0.29) is 18.4 Å². The minimum Gasteiger partial charge on any atom is -0.469 e. The van der Waals surface area contributed by atoms with Crippen molar-refractivity contribution in [2.75, 3.05) is 13.7 Å². The summed E-state index contributed by atoms with van der Waals surface area (Å²) in [6, 6.07) is 8.94. The highest BCUT2D eigenvalue weighted by Crippen LogP contribution is 2.13. The molecule has 2 rings (SSSR count). The van der Waals surface area contributed by atoms with E-state index >= 15 is 0 Å². The van der Waals surface area contributed by atoms with E-state index in [0.717, 1.165) is 5.56 Å². The highest BCUT2D eigenvalue weighted by atomic mass is 19.1. The Bertz CT molecular complexity index is 689.